The van der Waals surface area contributed by atoms with Crippen molar-refractivity contribution < 1.29 is 23.7 Å². The van der Waals surface area contributed by atoms with E-state index in [1.165, 1.54) is 7.11 Å². The Labute approximate surface area is 163 Å². The van der Waals surface area contributed by atoms with E-state index in [9.17, 15) is 4.79 Å². The van der Waals surface area contributed by atoms with Crippen LogP contribution in [0.2, 0.25) is 0 Å². The van der Waals surface area contributed by atoms with Crippen molar-refractivity contribution in [3.63, 3.8) is 0 Å². The molecule has 28 heavy (non-hydrogen) atoms. The van der Waals surface area contributed by atoms with Crippen LogP contribution < -0.4 is 11.1 Å². The van der Waals surface area contributed by atoms with Gasteiger partial charge in [0.25, 0.3) is 5.91 Å². The van der Waals surface area contributed by atoms with E-state index < -0.39 is 30.8 Å². The van der Waals surface area contributed by atoms with Gasteiger partial charge in [-0.15, -0.1) is 0 Å². The Morgan fingerprint density at radius 1 is 1.07 bits per heavy atom. The number of amides is 1. The predicted molar refractivity (Wildman–Crippen MR) is 101 cm³/mol. The van der Waals surface area contributed by atoms with Crippen LogP contribution in [0.3, 0.4) is 0 Å². The molecule has 148 valence electrons. The summed E-state index contributed by atoms with van der Waals surface area (Å²) >= 11 is 0. The van der Waals surface area contributed by atoms with Crippen LogP contribution in [0, 0.1) is 0 Å². The van der Waals surface area contributed by atoms with E-state index >= 15 is 0 Å². The molecule has 0 radical (unpaired) electrons. The molecule has 2 aliphatic rings. The highest BCUT2D eigenvalue weighted by Gasteiger charge is 2.49. The minimum Gasteiger partial charge on any atom is -0.354 e. The number of nitrogens with one attached hydrogen (secondary N) is 1. The Hall–Kier alpha value is -2.29. The second-order valence-corrected chi connectivity index (χ2v) is 6.90. The Morgan fingerprint density at radius 2 is 1.75 bits per heavy atom. The lowest BCUT2D eigenvalue weighted by Gasteiger charge is -2.48. The number of ether oxygens (including phenoxy) is 4. The molecule has 2 aliphatic heterocycles. The zero-order chi connectivity index (χ0) is 19.5. The van der Waals surface area contributed by atoms with Gasteiger partial charge < -0.3 is 30.0 Å². The number of methoxy groups -OCH3 is 1. The molecule has 0 aliphatic carbocycles. The summed E-state index contributed by atoms with van der Waals surface area (Å²) in [6.07, 6.45) is -2.03. The first-order valence-electron chi connectivity index (χ1n) is 9.29. The van der Waals surface area contributed by atoms with Crippen molar-refractivity contribution in [3.8, 4) is 0 Å². The SMILES string of the molecule is CO[C@H]1O[C@H]2CO[C@H](c3ccccc3)O[C@@H]2[C@@H](N)[C@@H]1NC(=O)c1ccccc1. The molecule has 4 rings (SSSR count). The summed E-state index contributed by atoms with van der Waals surface area (Å²) in [5.41, 5.74) is 7.96. The molecule has 2 saturated heterocycles. The molecule has 0 unspecified atom stereocenters. The molecule has 2 heterocycles. The van der Waals surface area contributed by atoms with Crippen LogP contribution in [0.15, 0.2) is 60.7 Å². The normalized spacial score (nSPS) is 32.4. The van der Waals surface area contributed by atoms with E-state index in [0.29, 0.717) is 12.2 Å². The van der Waals surface area contributed by atoms with Gasteiger partial charge in [-0.05, 0) is 12.1 Å². The maximum Gasteiger partial charge on any atom is 0.251 e. The average Bonchev–Trinajstić information content (AvgIpc) is 2.76. The molecule has 2 aromatic rings. The average molecular weight is 384 g/mol. The maximum atomic E-state index is 12.6. The molecule has 7 heteroatoms. The highest BCUT2D eigenvalue weighted by atomic mass is 16.7. The number of carbonyl (C=O) groups is 1. The summed E-state index contributed by atoms with van der Waals surface area (Å²) < 4.78 is 23.4. The fraction of sp³-hybridized carbons (Fsp3) is 0.381. The Morgan fingerprint density at radius 3 is 2.43 bits per heavy atom. The summed E-state index contributed by atoms with van der Waals surface area (Å²) in [5, 5.41) is 2.94. The van der Waals surface area contributed by atoms with Gasteiger partial charge in [-0.1, -0.05) is 48.5 Å². The van der Waals surface area contributed by atoms with Crippen molar-refractivity contribution in [2.75, 3.05) is 13.7 Å². The lowest BCUT2D eigenvalue weighted by molar-refractivity contribution is -0.322. The first-order valence-corrected chi connectivity index (χ1v) is 9.29. The molecule has 0 spiro atoms. The van der Waals surface area contributed by atoms with Crippen LogP contribution >= 0.6 is 0 Å². The van der Waals surface area contributed by atoms with E-state index in [1.54, 1.807) is 12.1 Å². The third-order valence-electron chi connectivity index (χ3n) is 5.09. The molecule has 1 amide bonds. The van der Waals surface area contributed by atoms with Crippen molar-refractivity contribution in [1.82, 2.24) is 5.32 Å². The van der Waals surface area contributed by atoms with E-state index in [0.717, 1.165) is 5.56 Å². The van der Waals surface area contributed by atoms with Crippen LogP contribution in [0.4, 0.5) is 0 Å². The molecular weight excluding hydrogens is 360 g/mol. The van der Waals surface area contributed by atoms with Crippen molar-refractivity contribution in [3.05, 3.63) is 71.8 Å². The quantitative estimate of drug-likeness (QED) is 0.832. The predicted octanol–water partition coefficient (Wildman–Crippen LogP) is 1.60. The van der Waals surface area contributed by atoms with Gasteiger partial charge in [0.1, 0.15) is 12.2 Å². The number of hydrogen-bond acceptors (Lipinski definition) is 6. The number of benzene rings is 2. The topological polar surface area (TPSA) is 92.0 Å². The standard InChI is InChI=1S/C21H24N2O5/c1-25-21-17(23-19(24)13-8-4-2-5-9-13)16(22)18-15(27-21)12-26-20(28-18)14-10-6-3-7-11-14/h2-11,15-18,20-21H,12,22H2,1H3,(H,23,24)/t15-,16-,17-,18-,20-,21-/m0/s1. The number of fused-ring (bicyclic) bond motifs is 1. The Kier molecular flexibility index (Phi) is 5.70. The first kappa shape index (κ1) is 19.0. The Bertz CT molecular complexity index is 788. The first-order chi connectivity index (χ1) is 13.7. The number of hydrogen-bond donors (Lipinski definition) is 2. The van der Waals surface area contributed by atoms with Crippen molar-refractivity contribution >= 4 is 5.91 Å². The van der Waals surface area contributed by atoms with Crippen LogP contribution in [0.5, 0.6) is 0 Å². The van der Waals surface area contributed by atoms with E-state index in [1.807, 2.05) is 48.5 Å². The van der Waals surface area contributed by atoms with Crippen LogP contribution in [0.25, 0.3) is 0 Å². The molecule has 2 aromatic carbocycles. The number of nitrogens with two attached hydrogens (primary N) is 1. The molecular formula is C21H24N2O5. The minimum atomic E-state index is -0.690. The van der Waals surface area contributed by atoms with Gasteiger partial charge >= 0.3 is 0 Å². The number of carbonyl (C=O) groups excluding carboxylic acids is 1. The lowest BCUT2D eigenvalue weighted by Crippen LogP contribution is -2.69. The maximum absolute atomic E-state index is 12.6. The third kappa shape index (κ3) is 3.80. The zero-order valence-corrected chi connectivity index (χ0v) is 15.6. The van der Waals surface area contributed by atoms with Crippen molar-refractivity contribution in [2.24, 2.45) is 5.73 Å². The molecule has 7 nitrogen and oxygen atoms in total. The highest BCUT2D eigenvalue weighted by Crippen LogP contribution is 2.33. The highest BCUT2D eigenvalue weighted by molar-refractivity contribution is 5.94. The second-order valence-electron chi connectivity index (χ2n) is 6.90. The summed E-state index contributed by atoms with van der Waals surface area (Å²) in [6, 6.07) is 17.5. The van der Waals surface area contributed by atoms with Crippen LogP contribution in [0.1, 0.15) is 22.2 Å². The summed E-state index contributed by atoms with van der Waals surface area (Å²) in [5.74, 6) is -0.239. The fourth-order valence-corrected chi connectivity index (χ4v) is 3.62. The second kappa shape index (κ2) is 8.38. The van der Waals surface area contributed by atoms with Gasteiger partial charge in [-0.25, -0.2) is 0 Å². The van der Waals surface area contributed by atoms with E-state index in [4.69, 9.17) is 24.7 Å². The van der Waals surface area contributed by atoms with Gasteiger partial charge in [0.05, 0.1) is 18.7 Å². The smallest absolute Gasteiger partial charge is 0.251 e. The lowest BCUT2D eigenvalue weighted by atomic mass is 9.93. The molecule has 0 bridgehead atoms. The largest absolute Gasteiger partial charge is 0.354 e. The summed E-state index contributed by atoms with van der Waals surface area (Å²) in [7, 11) is 1.52. The van der Waals surface area contributed by atoms with Gasteiger partial charge in [0.2, 0.25) is 0 Å². The van der Waals surface area contributed by atoms with Crippen LogP contribution in [-0.2, 0) is 18.9 Å². The van der Waals surface area contributed by atoms with Gasteiger partial charge in [0, 0.05) is 18.2 Å². The summed E-state index contributed by atoms with van der Waals surface area (Å²) in [4.78, 5) is 12.6. The van der Waals surface area contributed by atoms with E-state index in [-0.39, 0.29) is 12.0 Å². The Balaban J connectivity index is 1.50. The molecule has 2 fully saturated rings. The van der Waals surface area contributed by atoms with E-state index in [2.05, 4.69) is 5.32 Å². The van der Waals surface area contributed by atoms with Gasteiger partial charge in [-0.2, -0.15) is 0 Å². The number of rotatable bonds is 4. The van der Waals surface area contributed by atoms with Gasteiger partial charge in [0.15, 0.2) is 12.6 Å². The monoisotopic (exact) mass is 384 g/mol. The summed E-state index contributed by atoms with van der Waals surface area (Å²) in [6.45, 7) is 0.330. The van der Waals surface area contributed by atoms with Crippen molar-refractivity contribution in [2.45, 2.75) is 36.9 Å². The van der Waals surface area contributed by atoms with Gasteiger partial charge in [-0.3, -0.25) is 4.79 Å². The molecule has 0 saturated carbocycles. The van der Waals surface area contributed by atoms with Crippen molar-refractivity contribution in [1.29, 1.82) is 0 Å². The molecule has 6 atom stereocenters. The van der Waals surface area contributed by atoms with Crippen LogP contribution in [-0.4, -0.2) is 50.2 Å². The molecule has 3 N–H and O–H groups in total. The fourth-order valence-electron chi connectivity index (χ4n) is 3.62. The third-order valence-corrected chi connectivity index (χ3v) is 5.09. The zero-order valence-electron chi connectivity index (χ0n) is 15.6. The molecule has 0 aromatic heterocycles. The minimum absolute atomic E-state index is 0.239.